The molecule has 3 heteroatoms. The van der Waals surface area contributed by atoms with Crippen LogP contribution in [0, 0.1) is 0 Å². The minimum Gasteiger partial charge on any atom is -0.303 e. The van der Waals surface area contributed by atoms with Crippen LogP contribution < -0.4 is 0 Å². The third-order valence-electron chi connectivity index (χ3n) is 1.36. The number of aldehydes is 1. The predicted molar refractivity (Wildman–Crippen MR) is 50.7 cm³/mol. The summed E-state index contributed by atoms with van der Waals surface area (Å²) >= 11 is 8.32. The molecule has 11 heavy (non-hydrogen) atoms. The van der Waals surface area contributed by atoms with Crippen molar-refractivity contribution in [2.24, 2.45) is 0 Å². The number of hydrogen-bond acceptors (Lipinski definition) is 3. The monoisotopic (exact) mass is 184 g/mol. The van der Waals surface area contributed by atoms with Gasteiger partial charge in [0.25, 0.3) is 0 Å². The van der Waals surface area contributed by atoms with Gasteiger partial charge in [-0.15, -0.1) is 25.3 Å². The van der Waals surface area contributed by atoms with Crippen LogP contribution in [0.5, 0.6) is 0 Å². The van der Waals surface area contributed by atoms with E-state index < -0.39 is 0 Å². The van der Waals surface area contributed by atoms with Crippen molar-refractivity contribution in [3.05, 3.63) is 23.8 Å². The Morgan fingerprint density at radius 3 is 2.55 bits per heavy atom. The summed E-state index contributed by atoms with van der Waals surface area (Å²) in [7, 11) is 0. The van der Waals surface area contributed by atoms with Crippen molar-refractivity contribution in [3.8, 4) is 0 Å². The molecule has 58 valence electrons. The summed E-state index contributed by atoms with van der Waals surface area (Å²) in [6.07, 6.45) is 1.32. The molecule has 0 radical (unpaired) electrons. The summed E-state index contributed by atoms with van der Waals surface area (Å²) in [5, 5.41) is 0. The van der Waals surface area contributed by atoms with Gasteiger partial charge in [-0.25, -0.2) is 0 Å². The SMILES string of the molecule is O=CCc1ccc(S)c(S)c1. The minimum absolute atomic E-state index is 0.446. The first-order chi connectivity index (χ1) is 5.24. The molecule has 0 atom stereocenters. The number of hydrogen-bond donors (Lipinski definition) is 2. The van der Waals surface area contributed by atoms with Crippen molar-refractivity contribution in [2.45, 2.75) is 16.2 Å². The first kappa shape index (κ1) is 8.68. The van der Waals surface area contributed by atoms with Crippen LogP contribution in [0.3, 0.4) is 0 Å². The number of thiol groups is 2. The molecular formula is C8H8OS2. The maximum absolute atomic E-state index is 10.1. The summed E-state index contributed by atoms with van der Waals surface area (Å²) in [4.78, 5) is 11.8. The Kier molecular flexibility index (Phi) is 3.02. The van der Waals surface area contributed by atoms with Crippen LogP contribution in [0.15, 0.2) is 28.0 Å². The van der Waals surface area contributed by atoms with E-state index in [1.54, 1.807) is 0 Å². The van der Waals surface area contributed by atoms with Crippen LogP contribution in [-0.2, 0) is 11.2 Å². The Labute approximate surface area is 76.6 Å². The molecule has 0 fully saturated rings. The van der Waals surface area contributed by atoms with Gasteiger partial charge in [0.1, 0.15) is 6.29 Å². The molecule has 0 heterocycles. The number of benzene rings is 1. The summed E-state index contributed by atoms with van der Waals surface area (Å²) in [5.74, 6) is 0. The average molecular weight is 184 g/mol. The van der Waals surface area contributed by atoms with Gasteiger partial charge in [0.05, 0.1) is 0 Å². The van der Waals surface area contributed by atoms with Crippen LogP contribution in [0.25, 0.3) is 0 Å². The summed E-state index contributed by atoms with van der Waals surface area (Å²) < 4.78 is 0. The first-order valence-corrected chi connectivity index (χ1v) is 4.08. The number of rotatable bonds is 2. The molecular weight excluding hydrogens is 176 g/mol. The van der Waals surface area contributed by atoms with Gasteiger partial charge < -0.3 is 4.79 Å². The van der Waals surface area contributed by atoms with Crippen LogP contribution in [0.2, 0.25) is 0 Å². The van der Waals surface area contributed by atoms with Crippen LogP contribution in [0.1, 0.15) is 5.56 Å². The van der Waals surface area contributed by atoms with Gasteiger partial charge in [0.2, 0.25) is 0 Å². The van der Waals surface area contributed by atoms with E-state index in [9.17, 15) is 4.79 Å². The van der Waals surface area contributed by atoms with Gasteiger partial charge in [-0.2, -0.15) is 0 Å². The largest absolute Gasteiger partial charge is 0.303 e. The lowest BCUT2D eigenvalue weighted by Crippen LogP contribution is -1.85. The normalized spacial score (nSPS) is 9.64. The Balaban J connectivity index is 2.95. The molecule has 0 amide bonds. The maximum Gasteiger partial charge on any atom is 0.124 e. The van der Waals surface area contributed by atoms with Crippen LogP contribution >= 0.6 is 25.3 Å². The van der Waals surface area contributed by atoms with Crippen molar-refractivity contribution in [1.29, 1.82) is 0 Å². The van der Waals surface area contributed by atoms with E-state index in [4.69, 9.17) is 0 Å². The van der Waals surface area contributed by atoms with Gasteiger partial charge in [-0.1, -0.05) is 6.07 Å². The Bertz CT molecular complexity index is 271. The molecule has 1 aromatic rings. The molecule has 0 saturated heterocycles. The van der Waals surface area contributed by atoms with Crippen molar-refractivity contribution in [3.63, 3.8) is 0 Å². The molecule has 0 bridgehead atoms. The van der Waals surface area contributed by atoms with Gasteiger partial charge in [-0.3, -0.25) is 0 Å². The molecule has 0 unspecified atom stereocenters. The lowest BCUT2D eigenvalue weighted by atomic mass is 10.2. The Hall–Kier alpha value is -0.410. The highest BCUT2D eigenvalue weighted by atomic mass is 32.1. The smallest absolute Gasteiger partial charge is 0.124 e. The summed E-state index contributed by atoms with van der Waals surface area (Å²) in [6.45, 7) is 0. The van der Waals surface area contributed by atoms with E-state index in [2.05, 4.69) is 25.3 Å². The first-order valence-electron chi connectivity index (χ1n) is 3.18. The topological polar surface area (TPSA) is 17.1 Å². The Morgan fingerprint density at radius 2 is 2.00 bits per heavy atom. The average Bonchev–Trinajstić information content (AvgIpc) is 1.98. The summed E-state index contributed by atoms with van der Waals surface area (Å²) in [6, 6.07) is 5.56. The van der Waals surface area contributed by atoms with E-state index in [0.29, 0.717) is 6.42 Å². The third-order valence-corrected chi connectivity index (χ3v) is 2.30. The number of carbonyl (C=O) groups is 1. The lowest BCUT2D eigenvalue weighted by Gasteiger charge is -1.99. The van der Waals surface area contributed by atoms with E-state index in [1.165, 1.54) is 0 Å². The molecule has 1 aromatic carbocycles. The van der Waals surface area contributed by atoms with Crippen LogP contribution in [-0.4, -0.2) is 6.29 Å². The summed E-state index contributed by atoms with van der Waals surface area (Å²) in [5.41, 5.74) is 0.975. The van der Waals surface area contributed by atoms with E-state index >= 15 is 0 Å². The standard InChI is InChI=1S/C8H8OS2/c9-4-3-6-1-2-7(10)8(11)5-6/h1-2,4-5,10-11H,3H2. The predicted octanol–water partition coefficient (Wildman–Crippen LogP) is 2.01. The van der Waals surface area contributed by atoms with E-state index in [0.717, 1.165) is 21.6 Å². The quantitative estimate of drug-likeness (QED) is 0.531. The Morgan fingerprint density at radius 1 is 1.27 bits per heavy atom. The molecule has 0 saturated carbocycles. The molecule has 1 rings (SSSR count). The fraction of sp³-hybridized carbons (Fsp3) is 0.125. The lowest BCUT2D eigenvalue weighted by molar-refractivity contribution is -0.107. The second kappa shape index (κ2) is 3.83. The van der Waals surface area contributed by atoms with Crippen molar-refractivity contribution in [1.82, 2.24) is 0 Å². The maximum atomic E-state index is 10.1. The molecule has 1 nitrogen and oxygen atoms in total. The fourth-order valence-electron chi connectivity index (χ4n) is 0.792. The molecule has 0 spiro atoms. The van der Waals surface area contributed by atoms with Crippen molar-refractivity contribution >= 4 is 31.5 Å². The molecule has 0 N–H and O–H groups in total. The van der Waals surface area contributed by atoms with Gasteiger partial charge in [-0.05, 0) is 17.7 Å². The van der Waals surface area contributed by atoms with Gasteiger partial charge >= 0.3 is 0 Å². The van der Waals surface area contributed by atoms with E-state index in [1.807, 2.05) is 18.2 Å². The molecule has 0 aromatic heterocycles. The highest BCUT2D eigenvalue weighted by Crippen LogP contribution is 2.18. The molecule has 0 aliphatic heterocycles. The van der Waals surface area contributed by atoms with Crippen molar-refractivity contribution in [2.75, 3.05) is 0 Å². The highest BCUT2D eigenvalue weighted by molar-refractivity contribution is 7.83. The highest BCUT2D eigenvalue weighted by Gasteiger charge is 1.95. The fourth-order valence-corrected chi connectivity index (χ4v) is 1.17. The molecule has 0 aliphatic carbocycles. The van der Waals surface area contributed by atoms with Gasteiger partial charge in [0.15, 0.2) is 0 Å². The van der Waals surface area contributed by atoms with Gasteiger partial charge in [0, 0.05) is 16.2 Å². The van der Waals surface area contributed by atoms with E-state index in [-0.39, 0.29) is 0 Å². The zero-order chi connectivity index (χ0) is 8.27. The second-order valence-electron chi connectivity index (χ2n) is 2.19. The molecule has 0 aliphatic rings. The zero-order valence-electron chi connectivity index (χ0n) is 5.82. The third kappa shape index (κ3) is 2.27. The van der Waals surface area contributed by atoms with Crippen LogP contribution in [0.4, 0.5) is 0 Å². The number of carbonyl (C=O) groups excluding carboxylic acids is 1. The zero-order valence-corrected chi connectivity index (χ0v) is 7.61. The second-order valence-corrected chi connectivity index (χ2v) is 3.16. The van der Waals surface area contributed by atoms with Crippen molar-refractivity contribution < 1.29 is 4.79 Å². The minimum atomic E-state index is 0.446.